The summed E-state index contributed by atoms with van der Waals surface area (Å²) in [4.78, 5) is 4.21. The second-order valence-corrected chi connectivity index (χ2v) is 5.70. The van der Waals surface area contributed by atoms with Gasteiger partial charge in [-0.15, -0.1) is 0 Å². The van der Waals surface area contributed by atoms with Crippen LogP contribution in [0.15, 0.2) is 39.4 Å². The zero-order valence-electron chi connectivity index (χ0n) is 9.63. The van der Waals surface area contributed by atoms with Crippen LogP contribution in [0.5, 0.6) is 0 Å². The summed E-state index contributed by atoms with van der Waals surface area (Å²) in [7, 11) is 0. The SMILES string of the molecule is [NH][C@@H](Cc1cc(F)cc(F)c1)c1nc(Br)ccc1Br. The molecule has 0 amide bonds. The highest BCUT2D eigenvalue weighted by Crippen LogP contribution is 2.26. The summed E-state index contributed by atoms with van der Waals surface area (Å²) in [5.41, 5.74) is 9.03. The Morgan fingerprint density at radius 1 is 1.11 bits per heavy atom. The quantitative estimate of drug-likeness (QED) is 0.713. The Bertz CT molecular complexity index is 585. The summed E-state index contributed by atoms with van der Waals surface area (Å²) in [6.45, 7) is 0. The number of hydrogen-bond donors (Lipinski definition) is 0. The van der Waals surface area contributed by atoms with Crippen molar-refractivity contribution in [3.63, 3.8) is 0 Å². The molecule has 2 nitrogen and oxygen atoms in total. The maximum atomic E-state index is 13.1. The minimum Gasteiger partial charge on any atom is -0.248 e. The fourth-order valence-electron chi connectivity index (χ4n) is 1.74. The molecule has 0 aliphatic carbocycles. The Labute approximate surface area is 126 Å². The van der Waals surface area contributed by atoms with Gasteiger partial charge in [0.15, 0.2) is 0 Å². The lowest BCUT2D eigenvalue weighted by molar-refractivity contribution is 0.574. The van der Waals surface area contributed by atoms with Gasteiger partial charge in [-0.2, -0.15) is 0 Å². The highest BCUT2D eigenvalue weighted by molar-refractivity contribution is 9.11. The molecule has 0 fully saturated rings. The standard InChI is InChI=1S/C13H9Br2F2N2/c14-10-1-2-12(15)19-13(10)11(18)5-7-3-8(16)6-9(17)4-7/h1-4,6,11,18H,5H2/t11-/m0/s1. The van der Waals surface area contributed by atoms with Crippen molar-refractivity contribution in [1.82, 2.24) is 10.7 Å². The second-order valence-electron chi connectivity index (χ2n) is 4.04. The molecule has 6 heteroatoms. The smallest absolute Gasteiger partial charge is 0.126 e. The largest absolute Gasteiger partial charge is 0.248 e. The van der Waals surface area contributed by atoms with Crippen LogP contribution >= 0.6 is 31.9 Å². The average molecular weight is 391 g/mol. The van der Waals surface area contributed by atoms with E-state index in [1.54, 1.807) is 12.1 Å². The van der Waals surface area contributed by atoms with E-state index in [0.29, 0.717) is 20.3 Å². The molecule has 1 atom stereocenters. The number of rotatable bonds is 3. The van der Waals surface area contributed by atoms with Crippen LogP contribution in [0.2, 0.25) is 0 Å². The van der Waals surface area contributed by atoms with Gasteiger partial charge >= 0.3 is 0 Å². The van der Waals surface area contributed by atoms with Crippen LogP contribution in [0.1, 0.15) is 17.3 Å². The van der Waals surface area contributed by atoms with Crippen molar-refractivity contribution < 1.29 is 8.78 Å². The predicted molar refractivity (Wildman–Crippen MR) is 75.5 cm³/mol. The van der Waals surface area contributed by atoms with E-state index in [1.165, 1.54) is 12.1 Å². The molecule has 1 aromatic heterocycles. The molecule has 1 aromatic carbocycles. The number of halogens is 4. The molecule has 0 unspecified atom stereocenters. The Morgan fingerprint density at radius 2 is 1.74 bits per heavy atom. The first-order valence-electron chi connectivity index (χ1n) is 5.44. The topological polar surface area (TPSA) is 36.7 Å². The van der Waals surface area contributed by atoms with Gasteiger partial charge in [0.05, 0.1) is 11.7 Å². The minimum atomic E-state index is -0.701. The van der Waals surface area contributed by atoms with E-state index >= 15 is 0 Å². The van der Waals surface area contributed by atoms with Crippen LogP contribution in [0.3, 0.4) is 0 Å². The molecule has 19 heavy (non-hydrogen) atoms. The fraction of sp³-hybridized carbons (Fsp3) is 0.154. The molecule has 99 valence electrons. The third kappa shape index (κ3) is 3.81. The number of pyridine rings is 1. The summed E-state index contributed by atoms with van der Waals surface area (Å²) in [5, 5.41) is 0. The lowest BCUT2D eigenvalue weighted by atomic mass is 10.0. The molecule has 0 spiro atoms. The Hall–Kier alpha value is -0.850. The van der Waals surface area contributed by atoms with Crippen LogP contribution < -0.4 is 5.73 Å². The summed E-state index contributed by atoms with van der Waals surface area (Å²) < 4.78 is 27.5. The van der Waals surface area contributed by atoms with Crippen LogP contribution in [0.4, 0.5) is 8.78 Å². The van der Waals surface area contributed by atoms with Crippen molar-refractivity contribution in [2.45, 2.75) is 12.5 Å². The van der Waals surface area contributed by atoms with Crippen LogP contribution in [-0.4, -0.2) is 4.98 Å². The van der Waals surface area contributed by atoms with Gasteiger partial charge in [0.2, 0.25) is 0 Å². The summed E-state index contributed by atoms with van der Waals surface area (Å²) in [6, 6.07) is 6.11. The first kappa shape index (κ1) is 14.6. The van der Waals surface area contributed by atoms with Gasteiger partial charge in [-0.25, -0.2) is 19.5 Å². The highest BCUT2D eigenvalue weighted by Gasteiger charge is 2.14. The maximum absolute atomic E-state index is 13.1. The molecule has 0 bridgehead atoms. The van der Waals surface area contributed by atoms with Gasteiger partial charge in [0.25, 0.3) is 0 Å². The Morgan fingerprint density at radius 3 is 2.37 bits per heavy atom. The van der Waals surface area contributed by atoms with Gasteiger partial charge < -0.3 is 0 Å². The zero-order valence-corrected chi connectivity index (χ0v) is 12.8. The van der Waals surface area contributed by atoms with Crippen molar-refractivity contribution in [1.29, 1.82) is 0 Å². The number of aromatic nitrogens is 1. The third-order valence-electron chi connectivity index (χ3n) is 2.53. The molecular formula is C13H9Br2F2N2. The van der Waals surface area contributed by atoms with Crippen LogP contribution in [0.25, 0.3) is 0 Å². The van der Waals surface area contributed by atoms with E-state index in [-0.39, 0.29) is 6.42 Å². The first-order valence-corrected chi connectivity index (χ1v) is 7.02. The molecule has 0 saturated heterocycles. The van der Waals surface area contributed by atoms with Gasteiger partial charge in [-0.05, 0) is 68.1 Å². The second kappa shape index (κ2) is 6.07. The summed E-state index contributed by atoms with van der Waals surface area (Å²) in [5.74, 6) is -1.27. The summed E-state index contributed by atoms with van der Waals surface area (Å²) >= 11 is 6.56. The summed E-state index contributed by atoms with van der Waals surface area (Å²) in [6.07, 6.45) is 0.191. The van der Waals surface area contributed by atoms with Crippen LogP contribution in [-0.2, 0) is 6.42 Å². The molecule has 0 aliphatic heterocycles. The lowest BCUT2D eigenvalue weighted by Crippen LogP contribution is -2.08. The monoisotopic (exact) mass is 389 g/mol. The van der Waals surface area contributed by atoms with Crippen molar-refractivity contribution in [2.24, 2.45) is 0 Å². The molecule has 2 rings (SSSR count). The van der Waals surface area contributed by atoms with E-state index < -0.39 is 17.7 Å². The molecule has 1 radical (unpaired) electrons. The normalized spacial score (nSPS) is 12.5. The Balaban J connectivity index is 2.25. The lowest BCUT2D eigenvalue weighted by Gasteiger charge is -2.12. The molecule has 0 saturated carbocycles. The number of benzene rings is 1. The van der Waals surface area contributed by atoms with E-state index in [4.69, 9.17) is 5.73 Å². The zero-order chi connectivity index (χ0) is 14.0. The average Bonchev–Trinajstić information content (AvgIpc) is 2.30. The van der Waals surface area contributed by atoms with E-state index in [0.717, 1.165) is 6.07 Å². The van der Waals surface area contributed by atoms with Crippen molar-refractivity contribution >= 4 is 31.9 Å². The minimum absolute atomic E-state index is 0.191. The van der Waals surface area contributed by atoms with Crippen molar-refractivity contribution in [3.8, 4) is 0 Å². The maximum Gasteiger partial charge on any atom is 0.126 e. The van der Waals surface area contributed by atoms with Gasteiger partial charge in [-0.3, -0.25) is 0 Å². The molecule has 1 N–H and O–H groups in total. The van der Waals surface area contributed by atoms with Gasteiger partial charge in [0.1, 0.15) is 16.2 Å². The van der Waals surface area contributed by atoms with E-state index in [2.05, 4.69) is 36.8 Å². The van der Waals surface area contributed by atoms with Gasteiger partial charge in [-0.1, -0.05) is 0 Å². The molecule has 1 heterocycles. The first-order chi connectivity index (χ1) is 8.95. The molecular weight excluding hydrogens is 382 g/mol. The third-order valence-corrected chi connectivity index (χ3v) is 3.64. The van der Waals surface area contributed by atoms with E-state index in [1.807, 2.05) is 0 Å². The number of nitrogens with one attached hydrogen (secondary N) is 1. The number of hydrogen-bond acceptors (Lipinski definition) is 1. The number of nitrogens with zero attached hydrogens (tertiary/aromatic N) is 1. The van der Waals surface area contributed by atoms with Crippen molar-refractivity contribution in [3.05, 3.63) is 62.3 Å². The van der Waals surface area contributed by atoms with Crippen molar-refractivity contribution in [2.75, 3.05) is 0 Å². The highest BCUT2D eigenvalue weighted by atomic mass is 79.9. The van der Waals surface area contributed by atoms with E-state index in [9.17, 15) is 8.78 Å². The van der Waals surface area contributed by atoms with Gasteiger partial charge in [0, 0.05) is 10.5 Å². The predicted octanol–water partition coefficient (Wildman–Crippen LogP) is 4.45. The molecule has 2 aromatic rings. The Kier molecular flexibility index (Phi) is 4.65. The molecule has 0 aliphatic rings. The fourth-order valence-corrected chi connectivity index (χ4v) is 2.56. The van der Waals surface area contributed by atoms with Crippen LogP contribution in [0, 0.1) is 11.6 Å².